The van der Waals surface area contributed by atoms with Crippen molar-refractivity contribution in [2.45, 2.75) is 0 Å². The van der Waals surface area contributed by atoms with E-state index < -0.39 is 0 Å². The molecule has 0 aliphatic carbocycles. The highest BCUT2D eigenvalue weighted by Gasteiger charge is 1.60. The molecule has 0 unspecified atom stereocenters. The first-order valence-corrected chi connectivity index (χ1v) is 1.37. The zero-order valence-electron chi connectivity index (χ0n) is 3.86. The topological polar surface area (TPSA) is 26.9 Å². The molecule has 36 valence electrons. The lowest BCUT2D eigenvalue weighted by Crippen LogP contribution is -1.89. The number of hydrogen-bond acceptors (Lipinski definition) is 1. The SMILES string of the molecule is C[N+](C)=C=N.Cl. The van der Waals surface area contributed by atoms with Gasteiger partial charge in [-0.25, -0.2) is 4.58 Å². The maximum atomic E-state index is 6.33. The number of rotatable bonds is 0. The van der Waals surface area contributed by atoms with Gasteiger partial charge in [-0.05, 0) is 0 Å². The third-order valence-electron chi connectivity index (χ3n) is 0.224. The van der Waals surface area contributed by atoms with E-state index >= 15 is 0 Å². The summed E-state index contributed by atoms with van der Waals surface area (Å²) in [5, 5.41) is 6.33. The van der Waals surface area contributed by atoms with Gasteiger partial charge < -0.3 is 0 Å². The van der Waals surface area contributed by atoms with Crippen LogP contribution >= 0.6 is 12.4 Å². The minimum atomic E-state index is 0. The summed E-state index contributed by atoms with van der Waals surface area (Å²) in [6.45, 7) is 0. The first-order chi connectivity index (χ1) is 2.27. The van der Waals surface area contributed by atoms with Gasteiger partial charge in [0.25, 0.3) is 0 Å². The van der Waals surface area contributed by atoms with E-state index in [1.807, 2.05) is 0 Å². The molecule has 0 spiro atoms. The highest BCUT2D eigenvalue weighted by molar-refractivity contribution is 5.85. The maximum absolute atomic E-state index is 6.33. The second kappa shape index (κ2) is 4.67. The number of nitrogens with zero attached hydrogens (tertiary/aromatic N) is 1. The van der Waals surface area contributed by atoms with Gasteiger partial charge in [0.1, 0.15) is 0 Å². The van der Waals surface area contributed by atoms with Gasteiger partial charge in [-0.2, -0.15) is 0 Å². The van der Waals surface area contributed by atoms with Gasteiger partial charge in [-0.15, -0.1) is 12.4 Å². The van der Waals surface area contributed by atoms with Crippen LogP contribution in [0, 0.1) is 5.41 Å². The van der Waals surface area contributed by atoms with Gasteiger partial charge in [0.05, 0.1) is 14.1 Å². The Morgan fingerprint density at radius 1 is 1.50 bits per heavy atom. The molecule has 1 N–H and O–H groups in total. The standard InChI is InChI=1S/C3H7N2.ClH/c1-5(2)3-4;/h4H,1-2H3;1H/q+1;. The Bertz CT molecular complexity index is 68.9. The van der Waals surface area contributed by atoms with Crippen LogP contribution in [-0.2, 0) is 0 Å². The molecule has 0 fully saturated rings. The molecule has 0 saturated carbocycles. The molecule has 0 atom stereocenters. The van der Waals surface area contributed by atoms with E-state index in [2.05, 4.69) is 6.01 Å². The minimum absolute atomic E-state index is 0. The Hall–Kier alpha value is -0.330. The van der Waals surface area contributed by atoms with Crippen molar-refractivity contribution in [2.75, 3.05) is 14.1 Å². The van der Waals surface area contributed by atoms with Gasteiger partial charge >= 0.3 is 6.01 Å². The molecular weight excluding hydrogens is 99.5 g/mol. The number of hydrogen-bond donors (Lipinski definition) is 1. The van der Waals surface area contributed by atoms with Crippen LogP contribution in [-0.4, -0.2) is 24.7 Å². The van der Waals surface area contributed by atoms with Crippen LogP contribution in [0.5, 0.6) is 0 Å². The average Bonchev–Trinajstić information content (AvgIpc) is 1.38. The van der Waals surface area contributed by atoms with Crippen molar-refractivity contribution in [3.05, 3.63) is 0 Å². The molecule has 3 heteroatoms. The normalized spacial score (nSPS) is 5.00. The minimum Gasteiger partial charge on any atom is -0.226 e. The lowest BCUT2D eigenvalue weighted by atomic mass is 11.1. The summed E-state index contributed by atoms with van der Waals surface area (Å²) in [4.78, 5) is 0. The lowest BCUT2D eigenvalue weighted by molar-refractivity contribution is -0.458. The zero-order chi connectivity index (χ0) is 4.28. The van der Waals surface area contributed by atoms with Crippen molar-refractivity contribution in [2.24, 2.45) is 0 Å². The molecule has 2 nitrogen and oxygen atoms in total. The fourth-order valence-electron chi connectivity index (χ4n) is 0. The van der Waals surface area contributed by atoms with E-state index in [0.29, 0.717) is 0 Å². The lowest BCUT2D eigenvalue weighted by Gasteiger charge is -1.67. The molecule has 0 radical (unpaired) electrons. The summed E-state index contributed by atoms with van der Waals surface area (Å²) in [7, 11) is 3.51. The van der Waals surface area contributed by atoms with Gasteiger partial charge in [0.15, 0.2) is 0 Å². The van der Waals surface area contributed by atoms with Crippen LogP contribution in [0.15, 0.2) is 0 Å². The molecular formula is C3H8ClN2+. The third-order valence-corrected chi connectivity index (χ3v) is 0.224. The van der Waals surface area contributed by atoms with Crippen LogP contribution in [0.3, 0.4) is 0 Å². The van der Waals surface area contributed by atoms with Crippen molar-refractivity contribution in [3.63, 3.8) is 0 Å². The second-order valence-electron chi connectivity index (χ2n) is 1.01. The molecule has 0 heterocycles. The molecule has 0 aromatic heterocycles. The van der Waals surface area contributed by atoms with Gasteiger partial charge in [-0.1, -0.05) is 5.41 Å². The van der Waals surface area contributed by atoms with Crippen LogP contribution in [0.1, 0.15) is 0 Å². The Morgan fingerprint density at radius 3 is 1.67 bits per heavy atom. The molecule has 0 saturated heterocycles. The molecule has 0 aliphatic rings. The van der Waals surface area contributed by atoms with Crippen molar-refractivity contribution in [1.29, 1.82) is 5.41 Å². The zero-order valence-corrected chi connectivity index (χ0v) is 4.67. The summed E-state index contributed by atoms with van der Waals surface area (Å²) >= 11 is 0. The van der Waals surface area contributed by atoms with Crippen molar-refractivity contribution in [1.82, 2.24) is 0 Å². The Labute approximate surface area is 43.4 Å². The first-order valence-electron chi connectivity index (χ1n) is 1.37. The second-order valence-corrected chi connectivity index (χ2v) is 1.01. The molecule has 0 bridgehead atoms. The molecule has 0 aromatic rings. The molecule has 0 rings (SSSR count). The van der Waals surface area contributed by atoms with Crippen LogP contribution in [0.4, 0.5) is 0 Å². The predicted molar refractivity (Wildman–Crippen MR) is 27.1 cm³/mol. The highest BCUT2D eigenvalue weighted by Crippen LogP contribution is 1.35. The maximum Gasteiger partial charge on any atom is 0.303 e. The third kappa shape index (κ3) is 9.38. The molecule has 0 aliphatic heterocycles. The van der Waals surface area contributed by atoms with Crippen LogP contribution in [0.25, 0.3) is 0 Å². The smallest absolute Gasteiger partial charge is 0.226 e. The van der Waals surface area contributed by atoms with Gasteiger partial charge in [0, 0.05) is 0 Å². The van der Waals surface area contributed by atoms with Crippen molar-refractivity contribution < 1.29 is 4.58 Å². The fourth-order valence-corrected chi connectivity index (χ4v) is 0. The summed E-state index contributed by atoms with van der Waals surface area (Å²) in [5.74, 6) is 0. The summed E-state index contributed by atoms with van der Waals surface area (Å²) in [5.41, 5.74) is 0. The predicted octanol–water partition coefficient (Wildman–Crippen LogP) is 0.433. The molecule has 0 amide bonds. The molecule has 0 aromatic carbocycles. The Kier molecular flexibility index (Phi) is 7.15. The number of nitrogens with one attached hydrogen (secondary N) is 1. The Morgan fingerprint density at radius 2 is 1.67 bits per heavy atom. The Balaban J connectivity index is 0. The summed E-state index contributed by atoms with van der Waals surface area (Å²) < 4.78 is 1.54. The monoisotopic (exact) mass is 107 g/mol. The highest BCUT2D eigenvalue weighted by atomic mass is 35.5. The van der Waals surface area contributed by atoms with E-state index in [0.717, 1.165) is 0 Å². The quantitative estimate of drug-likeness (QED) is 0.344. The van der Waals surface area contributed by atoms with Crippen LogP contribution in [0.2, 0.25) is 0 Å². The van der Waals surface area contributed by atoms with E-state index in [9.17, 15) is 0 Å². The van der Waals surface area contributed by atoms with E-state index in [1.54, 1.807) is 18.7 Å². The van der Waals surface area contributed by atoms with Crippen molar-refractivity contribution >= 4 is 18.4 Å². The summed E-state index contributed by atoms with van der Waals surface area (Å²) in [6, 6.07) is 2.11. The van der Waals surface area contributed by atoms with E-state index in [1.165, 1.54) is 0 Å². The molecule has 6 heavy (non-hydrogen) atoms. The van der Waals surface area contributed by atoms with E-state index in [-0.39, 0.29) is 12.4 Å². The van der Waals surface area contributed by atoms with Gasteiger partial charge in [0.2, 0.25) is 0 Å². The van der Waals surface area contributed by atoms with Gasteiger partial charge in [-0.3, -0.25) is 0 Å². The van der Waals surface area contributed by atoms with Crippen molar-refractivity contribution in [3.8, 4) is 0 Å². The van der Waals surface area contributed by atoms with E-state index in [4.69, 9.17) is 5.41 Å². The largest absolute Gasteiger partial charge is 0.303 e. The van der Waals surface area contributed by atoms with Crippen LogP contribution < -0.4 is 0 Å². The first kappa shape index (κ1) is 9.18. The fraction of sp³-hybridized carbons (Fsp3) is 0.667. The number of halogens is 1. The average molecular weight is 108 g/mol. The summed E-state index contributed by atoms with van der Waals surface area (Å²) in [6.07, 6.45) is 0.